The summed E-state index contributed by atoms with van der Waals surface area (Å²) in [6, 6.07) is 4.57. The van der Waals surface area contributed by atoms with E-state index in [9.17, 15) is 18.0 Å². The number of amides is 1. The molecule has 7 nitrogen and oxygen atoms in total. The van der Waals surface area contributed by atoms with E-state index in [-0.39, 0.29) is 30.2 Å². The lowest BCUT2D eigenvalue weighted by molar-refractivity contribution is -0.117. The van der Waals surface area contributed by atoms with Crippen LogP contribution in [0.15, 0.2) is 18.2 Å². The molecular formula is C14H16ClNO6S. The Morgan fingerprint density at radius 3 is 2.65 bits per heavy atom. The number of hydrogen-bond acceptors (Lipinski definition) is 6. The van der Waals surface area contributed by atoms with E-state index in [0.29, 0.717) is 11.4 Å². The molecule has 1 heterocycles. The van der Waals surface area contributed by atoms with Crippen LogP contribution in [0.1, 0.15) is 16.8 Å². The normalized spacial score (nSPS) is 18.1. The Balaban J connectivity index is 2.33. The van der Waals surface area contributed by atoms with Crippen LogP contribution in [0.4, 0.5) is 5.69 Å². The number of carbonyl (C=O) groups is 2. The van der Waals surface area contributed by atoms with E-state index in [1.165, 1.54) is 31.3 Å². The Labute approximate surface area is 138 Å². The third kappa shape index (κ3) is 4.14. The molecule has 126 valence electrons. The minimum absolute atomic E-state index is 0.0670. The molecular weight excluding hydrogens is 346 g/mol. The molecule has 0 aliphatic carbocycles. The maximum atomic E-state index is 12.2. The number of nitrogens with zero attached hydrogens (tertiary/aromatic N) is 1. The van der Waals surface area contributed by atoms with Crippen LogP contribution in [0.3, 0.4) is 0 Å². The van der Waals surface area contributed by atoms with Gasteiger partial charge in [0.2, 0.25) is 15.0 Å². The topological polar surface area (TPSA) is 90.0 Å². The molecule has 1 unspecified atom stereocenters. The zero-order valence-corrected chi connectivity index (χ0v) is 14.2. The highest BCUT2D eigenvalue weighted by Gasteiger charge is 2.34. The summed E-state index contributed by atoms with van der Waals surface area (Å²) in [6.45, 7) is 0.186. The fourth-order valence-corrected chi connectivity index (χ4v) is 3.87. The number of rotatable bonds is 5. The number of anilines is 1. The number of hydrogen-bond donors (Lipinski definition) is 0. The summed E-state index contributed by atoms with van der Waals surface area (Å²) in [6.07, 6.45) is 0.0670. The van der Waals surface area contributed by atoms with Crippen molar-refractivity contribution in [3.63, 3.8) is 0 Å². The van der Waals surface area contributed by atoms with Crippen LogP contribution in [0, 0.1) is 5.92 Å². The van der Waals surface area contributed by atoms with E-state index in [1.54, 1.807) is 6.07 Å². The van der Waals surface area contributed by atoms with Gasteiger partial charge in [-0.1, -0.05) is 0 Å². The van der Waals surface area contributed by atoms with Gasteiger partial charge in [-0.05, 0) is 18.2 Å². The van der Waals surface area contributed by atoms with Crippen LogP contribution < -0.4 is 9.64 Å². The van der Waals surface area contributed by atoms with Gasteiger partial charge in [-0.3, -0.25) is 4.79 Å². The molecule has 1 amide bonds. The van der Waals surface area contributed by atoms with Crippen LogP contribution in [0.5, 0.6) is 5.75 Å². The highest BCUT2D eigenvalue weighted by molar-refractivity contribution is 8.13. The molecule has 1 atom stereocenters. The minimum Gasteiger partial charge on any atom is -0.495 e. The average molecular weight is 362 g/mol. The number of ether oxygens (including phenoxy) is 2. The Hall–Kier alpha value is -1.80. The lowest BCUT2D eigenvalue weighted by Crippen LogP contribution is -2.26. The summed E-state index contributed by atoms with van der Waals surface area (Å²) >= 11 is 0. The number of methoxy groups -OCH3 is 2. The third-order valence-corrected chi connectivity index (χ3v) is 4.78. The summed E-state index contributed by atoms with van der Waals surface area (Å²) in [5.41, 5.74) is 0.666. The van der Waals surface area contributed by atoms with E-state index in [4.69, 9.17) is 15.4 Å². The van der Waals surface area contributed by atoms with Crippen LogP contribution in [-0.4, -0.2) is 46.8 Å². The Bertz CT molecular complexity index is 733. The largest absolute Gasteiger partial charge is 0.495 e. The van der Waals surface area contributed by atoms with E-state index in [1.807, 2.05) is 0 Å². The SMILES string of the molecule is COC(=O)c1ccc(OC)c(N2CC(CS(=O)(=O)Cl)CC2=O)c1. The van der Waals surface area contributed by atoms with Crippen molar-refractivity contribution in [1.82, 2.24) is 0 Å². The molecule has 0 radical (unpaired) electrons. The second-order valence-corrected chi connectivity index (χ2v) is 7.98. The highest BCUT2D eigenvalue weighted by Crippen LogP contribution is 2.34. The predicted octanol–water partition coefficient (Wildman–Crippen LogP) is 1.40. The van der Waals surface area contributed by atoms with Crippen molar-refractivity contribution in [3.05, 3.63) is 23.8 Å². The van der Waals surface area contributed by atoms with E-state index in [2.05, 4.69) is 4.74 Å². The zero-order chi connectivity index (χ0) is 17.2. The molecule has 1 saturated heterocycles. The van der Waals surface area contributed by atoms with Gasteiger partial charge in [0.15, 0.2) is 0 Å². The van der Waals surface area contributed by atoms with Crippen molar-refractivity contribution in [2.24, 2.45) is 5.92 Å². The van der Waals surface area contributed by atoms with Crippen molar-refractivity contribution >= 4 is 37.3 Å². The second kappa shape index (κ2) is 6.76. The second-order valence-electron chi connectivity index (χ2n) is 5.16. The van der Waals surface area contributed by atoms with Crippen molar-refractivity contribution in [2.45, 2.75) is 6.42 Å². The smallest absolute Gasteiger partial charge is 0.337 e. The number of halogens is 1. The molecule has 0 spiro atoms. The van der Waals surface area contributed by atoms with Gasteiger partial charge in [-0.15, -0.1) is 0 Å². The molecule has 1 fully saturated rings. The quantitative estimate of drug-likeness (QED) is 0.581. The van der Waals surface area contributed by atoms with Crippen molar-refractivity contribution in [3.8, 4) is 5.75 Å². The summed E-state index contributed by atoms with van der Waals surface area (Å²) < 4.78 is 32.3. The van der Waals surface area contributed by atoms with Crippen LogP contribution in [0.2, 0.25) is 0 Å². The van der Waals surface area contributed by atoms with Crippen LogP contribution in [0.25, 0.3) is 0 Å². The maximum Gasteiger partial charge on any atom is 0.337 e. The molecule has 1 aliphatic rings. The number of esters is 1. The van der Waals surface area contributed by atoms with Gasteiger partial charge in [-0.2, -0.15) is 0 Å². The summed E-state index contributed by atoms with van der Waals surface area (Å²) in [4.78, 5) is 25.3. The van der Waals surface area contributed by atoms with Gasteiger partial charge < -0.3 is 14.4 Å². The first-order chi connectivity index (χ1) is 10.7. The van der Waals surface area contributed by atoms with Crippen molar-refractivity contribution in [2.75, 3.05) is 31.4 Å². The van der Waals surface area contributed by atoms with Crippen LogP contribution >= 0.6 is 10.7 Å². The molecule has 2 rings (SSSR count). The lowest BCUT2D eigenvalue weighted by Gasteiger charge is -2.20. The first-order valence-corrected chi connectivity index (χ1v) is 9.22. The Morgan fingerprint density at radius 2 is 2.09 bits per heavy atom. The molecule has 0 saturated carbocycles. The lowest BCUT2D eigenvalue weighted by atomic mass is 10.1. The van der Waals surface area contributed by atoms with Gasteiger partial charge >= 0.3 is 5.97 Å². The van der Waals surface area contributed by atoms with Crippen molar-refractivity contribution in [1.29, 1.82) is 0 Å². The van der Waals surface area contributed by atoms with Gasteiger partial charge in [0.1, 0.15) is 5.75 Å². The maximum absolute atomic E-state index is 12.2. The monoisotopic (exact) mass is 361 g/mol. The first-order valence-electron chi connectivity index (χ1n) is 6.74. The average Bonchev–Trinajstić information content (AvgIpc) is 2.83. The van der Waals surface area contributed by atoms with Crippen molar-refractivity contribution < 1.29 is 27.5 Å². The van der Waals surface area contributed by atoms with Gasteiger partial charge in [0.05, 0.1) is 31.2 Å². The first kappa shape index (κ1) is 17.6. The standard InChI is InChI=1S/C14H16ClNO6S/c1-21-12-4-3-10(14(18)22-2)6-11(12)16-7-9(5-13(16)17)8-23(15,19)20/h3-4,6,9H,5,7-8H2,1-2H3. The molecule has 23 heavy (non-hydrogen) atoms. The summed E-state index contributed by atoms with van der Waals surface area (Å²) in [5, 5.41) is 0. The molecule has 1 aliphatic heterocycles. The Morgan fingerprint density at radius 1 is 1.39 bits per heavy atom. The molecule has 0 bridgehead atoms. The van der Waals surface area contributed by atoms with Gasteiger partial charge in [0, 0.05) is 29.6 Å². The molecule has 0 aromatic heterocycles. The molecule has 9 heteroatoms. The molecule has 1 aromatic carbocycles. The fourth-order valence-electron chi connectivity index (χ4n) is 2.55. The number of carbonyl (C=O) groups excluding carboxylic acids is 2. The minimum atomic E-state index is -3.69. The highest BCUT2D eigenvalue weighted by atomic mass is 35.7. The Kier molecular flexibility index (Phi) is 5.16. The summed E-state index contributed by atoms with van der Waals surface area (Å²) in [5.74, 6) is -1.08. The van der Waals surface area contributed by atoms with E-state index in [0.717, 1.165) is 0 Å². The van der Waals surface area contributed by atoms with E-state index < -0.39 is 20.9 Å². The number of benzene rings is 1. The molecule has 1 aromatic rings. The van der Waals surface area contributed by atoms with Gasteiger partial charge in [-0.25, -0.2) is 13.2 Å². The predicted molar refractivity (Wildman–Crippen MR) is 84.4 cm³/mol. The third-order valence-electron chi connectivity index (χ3n) is 3.53. The van der Waals surface area contributed by atoms with Gasteiger partial charge in [0.25, 0.3) is 0 Å². The van der Waals surface area contributed by atoms with E-state index >= 15 is 0 Å². The fraction of sp³-hybridized carbons (Fsp3) is 0.429. The zero-order valence-electron chi connectivity index (χ0n) is 12.6. The summed E-state index contributed by atoms with van der Waals surface area (Å²) in [7, 11) is 4.27. The molecule has 0 N–H and O–H groups in total. The van der Waals surface area contributed by atoms with Crippen LogP contribution in [-0.2, 0) is 18.6 Å².